The number of piperidine rings is 1. The highest BCUT2D eigenvalue weighted by molar-refractivity contribution is 5.94. The van der Waals surface area contributed by atoms with Crippen LogP contribution in [0.25, 0.3) is 16.7 Å². The number of benzene rings is 1. The average Bonchev–Trinajstić information content (AvgIpc) is 3.40. The fourth-order valence-electron chi connectivity index (χ4n) is 5.11. The van der Waals surface area contributed by atoms with Gasteiger partial charge in [-0.15, -0.1) is 0 Å². The number of ether oxygens (including phenoxy) is 1. The Labute approximate surface area is 223 Å². The zero-order valence-corrected chi connectivity index (χ0v) is 21.2. The van der Waals surface area contributed by atoms with Crippen LogP contribution in [0.5, 0.6) is 0 Å². The Balaban J connectivity index is 1.11. The summed E-state index contributed by atoms with van der Waals surface area (Å²) >= 11 is 0. The van der Waals surface area contributed by atoms with Gasteiger partial charge in [0.25, 0.3) is 11.5 Å². The normalized spacial score (nSPS) is 17.5. The number of hydrogen-bond donors (Lipinski definition) is 1. The first-order chi connectivity index (χ1) is 18.9. The van der Waals surface area contributed by atoms with E-state index in [0.717, 1.165) is 18.9 Å². The molecule has 0 bridgehead atoms. The van der Waals surface area contributed by atoms with E-state index in [0.29, 0.717) is 61.4 Å². The molecule has 0 saturated carbocycles. The summed E-state index contributed by atoms with van der Waals surface area (Å²) in [6, 6.07) is 9.38. The molecule has 2 aliphatic heterocycles. The third-order valence-electron chi connectivity index (χ3n) is 7.40. The molecule has 39 heavy (non-hydrogen) atoms. The van der Waals surface area contributed by atoms with E-state index in [1.165, 1.54) is 33.9 Å². The van der Waals surface area contributed by atoms with E-state index in [1.54, 1.807) is 29.3 Å². The third kappa shape index (κ3) is 5.00. The molecule has 3 aromatic heterocycles. The molecule has 2 fully saturated rings. The van der Waals surface area contributed by atoms with Crippen molar-refractivity contribution < 1.29 is 19.0 Å². The first-order valence-electron chi connectivity index (χ1n) is 12.9. The van der Waals surface area contributed by atoms with Crippen LogP contribution in [-0.4, -0.2) is 85.2 Å². The molecular formula is C27H28FN7O4. The van der Waals surface area contributed by atoms with E-state index >= 15 is 0 Å². The number of morpholine rings is 1. The lowest BCUT2D eigenvalue weighted by Gasteiger charge is -2.38. The molecule has 0 spiro atoms. The van der Waals surface area contributed by atoms with Gasteiger partial charge < -0.3 is 19.6 Å². The SMILES string of the molecule is O=C(c1ccc(N2CCOCC2)nc1)N1CCC(O)(Cn2cnc3c(cnn3-c3ccc(F)cc3)c2=O)CC1. The van der Waals surface area contributed by atoms with Crippen molar-refractivity contribution in [3.63, 3.8) is 0 Å². The minimum Gasteiger partial charge on any atom is -0.388 e. The van der Waals surface area contributed by atoms with Crippen LogP contribution in [0, 0.1) is 5.82 Å². The quantitative estimate of drug-likeness (QED) is 0.411. The highest BCUT2D eigenvalue weighted by Gasteiger charge is 2.35. The van der Waals surface area contributed by atoms with Crippen molar-refractivity contribution in [3.8, 4) is 5.69 Å². The Morgan fingerprint density at radius 2 is 1.74 bits per heavy atom. The summed E-state index contributed by atoms with van der Waals surface area (Å²) in [6.07, 6.45) is 5.05. The van der Waals surface area contributed by atoms with Crippen LogP contribution < -0.4 is 10.5 Å². The van der Waals surface area contributed by atoms with Crippen LogP contribution in [0.3, 0.4) is 0 Å². The molecule has 202 valence electrons. The maximum atomic E-state index is 13.3. The van der Waals surface area contributed by atoms with Crippen molar-refractivity contribution in [2.24, 2.45) is 0 Å². The molecule has 0 radical (unpaired) electrons. The molecule has 1 amide bonds. The number of nitrogens with zero attached hydrogens (tertiary/aromatic N) is 7. The number of halogens is 1. The molecular weight excluding hydrogens is 505 g/mol. The number of fused-ring (bicyclic) bond motifs is 1. The van der Waals surface area contributed by atoms with Gasteiger partial charge >= 0.3 is 0 Å². The number of hydrogen-bond acceptors (Lipinski definition) is 8. The number of carbonyl (C=O) groups is 1. The standard InChI is InChI=1S/C27H28FN7O4/c28-20-2-4-21(5-3-20)35-24-22(16-31-35)26(37)34(18-30-24)17-27(38)7-9-33(10-8-27)25(36)19-1-6-23(29-15-19)32-11-13-39-14-12-32/h1-6,15-16,18,38H,7-14,17H2. The minimum atomic E-state index is -1.17. The zero-order chi connectivity index (χ0) is 27.0. The van der Waals surface area contributed by atoms with Crippen molar-refractivity contribution in [2.75, 3.05) is 44.3 Å². The molecule has 11 nitrogen and oxygen atoms in total. The smallest absolute Gasteiger partial charge is 0.264 e. The molecule has 2 saturated heterocycles. The second kappa shape index (κ2) is 10.2. The summed E-state index contributed by atoms with van der Waals surface area (Å²) in [5, 5.41) is 15.8. The summed E-state index contributed by atoms with van der Waals surface area (Å²) < 4.78 is 21.5. The van der Waals surface area contributed by atoms with Crippen LogP contribution in [0.4, 0.5) is 10.2 Å². The molecule has 0 aliphatic carbocycles. The predicted molar refractivity (Wildman–Crippen MR) is 140 cm³/mol. The number of anilines is 1. The van der Waals surface area contributed by atoms with Crippen molar-refractivity contribution in [3.05, 3.63) is 76.9 Å². The summed E-state index contributed by atoms with van der Waals surface area (Å²) in [4.78, 5) is 38.9. The molecule has 5 heterocycles. The van der Waals surface area contributed by atoms with E-state index < -0.39 is 5.60 Å². The predicted octanol–water partition coefficient (Wildman–Crippen LogP) is 1.62. The Bertz CT molecular complexity index is 1540. The Kier molecular flexibility index (Phi) is 6.57. The average molecular weight is 534 g/mol. The maximum Gasteiger partial charge on any atom is 0.264 e. The van der Waals surface area contributed by atoms with E-state index in [9.17, 15) is 19.1 Å². The van der Waals surface area contributed by atoms with E-state index in [2.05, 4.69) is 20.0 Å². The van der Waals surface area contributed by atoms with E-state index in [4.69, 9.17) is 4.74 Å². The van der Waals surface area contributed by atoms with Crippen LogP contribution in [0.2, 0.25) is 0 Å². The number of likely N-dealkylation sites (tertiary alicyclic amines) is 1. The largest absolute Gasteiger partial charge is 0.388 e. The van der Waals surface area contributed by atoms with Gasteiger partial charge in [0.05, 0.1) is 42.8 Å². The first kappa shape index (κ1) is 25.1. The van der Waals surface area contributed by atoms with Crippen molar-refractivity contribution in [2.45, 2.75) is 25.0 Å². The van der Waals surface area contributed by atoms with Gasteiger partial charge in [-0.25, -0.2) is 19.0 Å². The van der Waals surface area contributed by atoms with Crippen molar-refractivity contribution in [1.29, 1.82) is 0 Å². The van der Waals surface area contributed by atoms with Gasteiger partial charge in [0.15, 0.2) is 5.65 Å². The first-order valence-corrected chi connectivity index (χ1v) is 12.9. The lowest BCUT2D eigenvalue weighted by atomic mass is 9.91. The third-order valence-corrected chi connectivity index (χ3v) is 7.40. The zero-order valence-electron chi connectivity index (χ0n) is 21.2. The monoisotopic (exact) mass is 533 g/mol. The van der Waals surface area contributed by atoms with Gasteiger partial charge in [0.2, 0.25) is 0 Å². The Morgan fingerprint density at radius 3 is 2.44 bits per heavy atom. The van der Waals surface area contributed by atoms with Gasteiger partial charge in [0.1, 0.15) is 23.3 Å². The van der Waals surface area contributed by atoms with Crippen LogP contribution in [-0.2, 0) is 11.3 Å². The molecule has 0 atom stereocenters. The maximum absolute atomic E-state index is 13.3. The lowest BCUT2D eigenvalue weighted by molar-refractivity contribution is -0.0299. The second-order valence-electron chi connectivity index (χ2n) is 9.97. The number of aliphatic hydroxyl groups is 1. The van der Waals surface area contributed by atoms with Crippen LogP contribution in [0.15, 0.2) is 59.9 Å². The Hall–Kier alpha value is -4.16. The van der Waals surface area contributed by atoms with Gasteiger partial charge in [-0.3, -0.25) is 14.2 Å². The molecule has 6 rings (SSSR count). The summed E-state index contributed by atoms with van der Waals surface area (Å²) in [5.41, 5.74) is -0.0594. The molecule has 0 unspecified atom stereocenters. The second-order valence-corrected chi connectivity index (χ2v) is 9.97. The van der Waals surface area contributed by atoms with Gasteiger partial charge in [0, 0.05) is 32.4 Å². The molecule has 1 N–H and O–H groups in total. The van der Waals surface area contributed by atoms with Crippen LogP contribution >= 0.6 is 0 Å². The minimum absolute atomic E-state index is 0.0499. The number of rotatable bonds is 5. The van der Waals surface area contributed by atoms with E-state index in [-0.39, 0.29) is 23.8 Å². The van der Waals surface area contributed by atoms with Crippen LogP contribution in [0.1, 0.15) is 23.2 Å². The summed E-state index contributed by atoms with van der Waals surface area (Å²) in [7, 11) is 0. The highest BCUT2D eigenvalue weighted by atomic mass is 19.1. The number of amides is 1. The van der Waals surface area contributed by atoms with Gasteiger partial charge in [-0.2, -0.15) is 5.10 Å². The molecule has 4 aromatic rings. The van der Waals surface area contributed by atoms with Crippen molar-refractivity contribution >= 4 is 22.8 Å². The number of aromatic nitrogens is 5. The van der Waals surface area contributed by atoms with Gasteiger partial charge in [-0.1, -0.05) is 0 Å². The molecule has 2 aliphatic rings. The number of pyridine rings is 1. The van der Waals surface area contributed by atoms with E-state index in [1.807, 2.05) is 6.07 Å². The molecule has 1 aromatic carbocycles. The summed E-state index contributed by atoms with van der Waals surface area (Å²) in [5.74, 6) is 0.318. The number of carbonyl (C=O) groups excluding carboxylic acids is 1. The fraction of sp³-hybridized carbons (Fsp3) is 0.370. The fourth-order valence-corrected chi connectivity index (χ4v) is 5.11. The topological polar surface area (TPSA) is 119 Å². The molecule has 12 heteroatoms. The highest BCUT2D eigenvalue weighted by Crippen LogP contribution is 2.25. The van der Waals surface area contributed by atoms with Crippen molar-refractivity contribution in [1.82, 2.24) is 29.2 Å². The lowest BCUT2D eigenvalue weighted by Crippen LogP contribution is -2.49. The Morgan fingerprint density at radius 1 is 1.00 bits per heavy atom. The summed E-state index contributed by atoms with van der Waals surface area (Å²) in [6.45, 7) is 3.62. The van der Waals surface area contributed by atoms with Gasteiger partial charge in [-0.05, 0) is 49.2 Å².